The second-order valence-corrected chi connectivity index (χ2v) is 20.3. The largest absolute Gasteiger partial charge is 0 e. The van der Waals surface area contributed by atoms with Crippen molar-refractivity contribution < 1.29 is 38.8 Å². The van der Waals surface area contributed by atoms with Crippen molar-refractivity contribution >= 4 is 63.7 Å². The molecule has 2 heterocycles. The van der Waals surface area contributed by atoms with Gasteiger partial charge < -0.3 is 5.11 Å². The van der Waals surface area contributed by atoms with E-state index in [1.807, 2.05) is 45.9 Å². The Morgan fingerprint density at radius 2 is 1.52 bits per heavy atom. The molecule has 271 valence electrons. The first-order valence-corrected chi connectivity index (χ1v) is 22.3. The number of ketones is 1. The Kier molecular flexibility index (Phi) is 16.2. The number of benzene rings is 3. The molecule has 4 nitrogen and oxygen atoms in total. The van der Waals surface area contributed by atoms with E-state index in [9.17, 15) is 18.7 Å². The molecule has 0 bridgehead atoms. The summed E-state index contributed by atoms with van der Waals surface area (Å²) in [6, 6.07) is 23.9. The maximum absolute atomic E-state index is 13.0. The minimum absolute atomic E-state index is 0. The number of fused-ring (bicyclic) bond motifs is 4. The van der Waals surface area contributed by atoms with Crippen LogP contribution >= 0.6 is 0 Å². The van der Waals surface area contributed by atoms with Crippen LogP contribution in [-0.2, 0) is 31.3 Å². The molecule has 0 amide bonds. The Labute approximate surface area is 317 Å². The molecule has 0 aliphatic rings. The topological polar surface area (TPSA) is 63.1 Å². The van der Waals surface area contributed by atoms with Crippen molar-refractivity contribution in [1.29, 1.82) is 0 Å². The molecule has 3 aromatic carbocycles. The smallest absolute Gasteiger partial charge is 0 e. The number of aliphatic hydroxyl groups is 1. The number of carbonyl (C=O) groups is 1. The third-order valence-corrected chi connectivity index (χ3v) is 18.4. The van der Waals surface area contributed by atoms with E-state index in [0.29, 0.717) is 5.56 Å². The summed E-state index contributed by atoms with van der Waals surface area (Å²) >= 11 is -0.0339. The number of nitrogens with zero attached hydrogens (tertiary/aromatic N) is 2. The Hall–Kier alpha value is -2.54. The van der Waals surface area contributed by atoms with Crippen LogP contribution in [0.4, 0.5) is 8.78 Å². The van der Waals surface area contributed by atoms with Crippen LogP contribution in [0.5, 0.6) is 0 Å². The zero-order valence-corrected chi connectivity index (χ0v) is 35.5. The second-order valence-electron chi connectivity index (χ2n) is 12.9. The maximum Gasteiger partial charge on any atom is 0 e. The van der Waals surface area contributed by atoms with E-state index in [1.54, 1.807) is 6.33 Å². The molecule has 0 aliphatic carbocycles. The number of allylic oxidation sites excluding steroid dienone is 2. The van der Waals surface area contributed by atoms with Crippen molar-refractivity contribution in [2.24, 2.45) is 11.8 Å². The molecule has 5 aromatic rings. The zero-order chi connectivity index (χ0) is 35.7. The van der Waals surface area contributed by atoms with Gasteiger partial charge in [-0.2, -0.15) is 0 Å². The molecular weight excluding hydrogens is 890 g/mol. The molecule has 0 fully saturated rings. The van der Waals surface area contributed by atoms with Gasteiger partial charge in [-0.15, -0.1) is 0 Å². The van der Waals surface area contributed by atoms with Gasteiger partial charge in [-0.3, -0.25) is 4.79 Å². The van der Waals surface area contributed by atoms with E-state index in [4.69, 9.17) is 4.98 Å². The number of carbonyl (C=O) groups excluding carboxylic acids is 1. The van der Waals surface area contributed by atoms with Gasteiger partial charge in [0.25, 0.3) is 0 Å². The van der Waals surface area contributed by atoms with Gasteiger partial charge in [0.1, 0.15) is 0 Å². The number of rotatable bonds is 14. The first kappa shape index (κ1) is 41.9. The van der Waals surface area contributed by atoms with Crippen molar-refractivity contribution in [3.8, 4) is 11.3 Å². The summed E-state index contributed by atoms with van der Waals surface area (Å²) in [4.78, 5) is 21.1. The van der Waals surface area contributed by atoms with Gasteiger partial charge in [0.2, 0.25) is 0 Å². The Balaban J connectivity index is 0.000000361. The van der Waals surface area contributed by atoms with Gasteiger partial charge >= 0.3 is 206 Å². The fourth-order valence-electron chi connectivity index (χ4n) is 7.01. The first-order chi connectivity index (χ1) is 23.6. The van der Waals surface area contributed by atoms with Crippen LogP contribution in [0.15, 0.2) is 66.7 Å². The number of hydrogen-bond donors (Lipinski definition) is 1. The Morgan fingerprint density at radius 3 is 2.12 bits per heavy atom. The van der Waals surface area contributed by atoms with Crippen LogP contribution in [0.2, 0.25) is 18.1 Å². The number of alkyl halides is 2. The standard InChI is InChI=1S/C28H27F2N2SeSi.C13H24O2.Ir/c1-4-34(5-2,6-3)24-16-20(15-19-9-7-8-10-21(19)24)26-28-27(32-17-31-26)22-12-11-18(14-25(29)30)13-23(22)33-28;1-5-10(6-2)12(14)9-13(15)11(7-3)8-4;/h7-13,16-17,25H,4-6,14H2,1-3H3;9-11,14H,5-8H2,1-4H3;/q-1;;/b;12-9-;. The van der Waals surface area contributed by atoms with Crippen molar-refractivity contribution in [3.05, 3.63) is 78.3 Å². The summed E-state index contributed by atoms with van der Waals surface area (Å²) in [6.45, 7) is 15.1. The van der Waals surface area contributed by atoms with Crippen LogP contribution in [0.1, 0.15) is 79.7 Å². The number of aliphatic hydroxyl groups excluding tert-OH is 1. The number of halogens is 2. The summed E-state index contributed by atoms with van der Waals surface area (Å²) in [5.74, 6) is 0.547. The van der Waals surface area contributed by atoms with Crippen molar-refractivity contribution in [2.75, 3.05) is 0 Å². The zero-order valence-electron chi connectivity index (χ0n) is 30.4. The summed E-state index contributed by atoms with van der Waals surface area (Å²) < 4.78 is 28.2. The van der Waals surface area contributed by atoms with Crippen molar-refractivity contribution in [2.45, 2.75) is 105 Å². The van der Waals surface area contributed by atoms with E-state index >= 15 is 0 Å². The summed E-state index contributed by atoms with van der Waals surface area (Å²) in [5, 5.41) is 14.8. The molecule has 1 radical (unpaired) electrons. The summed E-state index contributed by atoms with van der Waals surface area (Å²) in [5.41, 5.74) is 3.59. The average Bonchev–Trinajstić information content (AvgIpc) is 3.48. The van der Waals surface area contributed by atoms with E-state index in [2.05, 4.69) is 62.2 Å². The summed E-state index contributed by atoms with van der Waals surface area (Å²) in [7, 11) is -1.66. The second kappa shape index (κ2) is 19.3. The molecule has 0 saturated heterocycles. The molecule has 0 aliphatic heterocycles. The Bertz CT molecular complexity index is 1890. The van der Waals surface area contributed by atoms with Gasteiger partial charge in [-0.05, 0) is 25.7 Å². The van der Waals surface area contributed by atoms with Gasteiger partial charge in [0, 0.05) is 38.0 Å². The van der Waals surface area contributed by atoms with Gasteiger partial charge in [0.15, 0.2) is 5.78 Å². The van der Waals surface area contributed by atoms with Crippen LogP contribution in [0, 0.1) is 17.9 Å². The van der Waals surface area contributed by atoms with Crippen LogP contribution in [-0.4, -0.2) is 49.9 Å². The van der Waals surface area contributed by atoms with Gasteiger partial charge in [-0.1, -0.05) is 27.7 Å². The predicted octanol–water partition coefficient (Wildman–Crippen LogP) is 10.9. The fourth-order valence-corrected chi connectivity index (χ4v) is 13.5. The minimum Gasteiger partial charge on any atom is 0 e. The third-order valence-electron chi connectivity index (χ3n) is 10.4. The SMILES string of the molecule is CCC(CC)C(=O)/C=C(\O)C(CC)CC.CC[Si](CC)(CC)c1cc(-c2ncnc3c2[se]c2cc(CC(F)F)ccc23)[c-]c2ccccc12.[Ir]. The molecule has 9 heteroatoms. The van der Waals surface area contributed by atoms with E-state index in [1.165, 1.54) is 34.8 Å². The average molecular weight is 941 g/mol. The number of aromatic nitrogens is 2. The van der Waals surface area contributed by atoms with E-state index in [-0.39, 0.29) is 64.4 Å². The first-order valence-electron chi connectivity index (χ1n) is 17.9. The van der Waals surface area contributed by atoms with E-state index < -0.39 is 14.5 Å². The molecule has 50 heavy (non-hydrogen) atoms. The quantitative estimate of drug-likeness (QED) is 0.0522. The molecule has 0 unspecified atom stereocenters. The van der Waals surface area contributed by atoms with Crippen molar-refractivity contribution in [3.63, 3.8) is 0 Å². The van der Waals surface area contributed by atoms with Crippen molar-refractivity contribution in [1.82, 2.24) is 9.97 Å². The van der Waals surface area contributed by atoms with Gasteiger partial charge in [-0.25, -0.2) is 0 Å². The molecule has 1 N–H and O–H groups in total. The molecule has 5 rings (SSSR count). The fraction of sp³-hybridized carbons (Fsp3) is 0.439. The number of hydrogen-bond acceptors (Lipinski definition) is 4. The predicted molar refractivity (Wildman–Crippen MR) is 206 cm³/mol. The molecule has 0 spiro atoms. The third kappa shape index (κ3) is 9.27. The normalized spacial score (nSPS) is 12.2. The van der Waals surface area contributed by atoms with Crippen LogP contribution in [0.3, 0.4) is 0 Å². The maximum atomic E-state index is 13.0. The molecule has 0 saturated carbocycles. The molecule has 2 aromatic heterocycles. The van der Waals surface area contributed by atoms with Gasteiger partial charge in [0.05, 0.1) is 5.76 Å². The Morgan fingerprint density at radius 1 is 0.880 bits per heavy atom. The summed E-state index contributed by atoms with van der Waals surface area (Å²) in [6.07, 6.45) is 4.00. The van der Waals surface area contributed by atoms with Crippen LogP contribution in [0.25, 0.3) is 41.5 Å². The monoisotopic (exact) mass is 942 g/mol. The molecule has 0 atom stereocenters. The minimum atomic E-state index is -2.34. The molecular formula is C41H51F2IrN2O2SeSi-. The van der Waals surface area contributed by atoms with Crippen LogP contribution < -0.4 is 5.19 Å². The van der Waals surface area contributed by atoms with E-state index in [0.717, 1.165) is 61.8 Å².